The number of thioether (sulfide) groups is 1. The summed E-state index contributed by atoms with van der Waals surface area (Å²) in [6, 6.07) is -0.549. The Bertz CT molecular complexity index is 834. The average Bonchev–Trinajstić information content (AvgIpc) is 2.97. The number of urea groups is 1. The molecule has 4 N–H and O–H groups in total. The van der Waals surface area contributed by atoms with Gasteiger partial charge in [0, 0.05) is 11.4 Å². The SMILES string of the molecule is C=CCNC(=O)NC(=O)CSc1nc(N)c2c3c(sc2n1)CCCC3. The number of anilines is 1. The van der Waals surface area contributed by atoms with Crippen LogP contribution in [0.25, 0.3) is 10.2 Å². The molecule has 1 aliphatic carbocycles. The summed E-state index contributed by atoms with van der Waals surface area (Å²) in [7, 11) is 0. The van der Waals surface area contributed by atoms with Crippen LogP contribution in [0.5, 0.6) is 0 Å². The van der Waals surface area contributed by atoms with Gasteiger partial charge in [-0.2, -0.15) is 0 Å². The maximum Gasteiger partial charge on any atom is 0.321 e. The molecule has 0 unspecified atom stereocenters. The van der Waals surface area contributed by atoms with Crippen molar-refractivity contribution in [2.24, 2.45) is 0 Å². The van der Waals surface area contributed by atoms with E-state index in [0.717, 1.165) is 34.8 Å². The molecular formula is C16H19N5O2S2. The van der Waals surface area contributed by atoms with Crippen LogP contribution in [0.4, 0.5) is 10.6 Å². The number of fused-ring (bicyclic) bond motifs is 3. The standard InChI is InChI=1S/C16H19N5O2S2/c1-2-7-18-15(23)19-11(22)8-24-16-20-13(17)12-9-5-3-4-6-10(9)25-14(12)21-16/h2H,1,3-8H2,(H2,17,20,21)(H2,18,19,22,23). The number of imide groups is 1. The van der Waals surface area contributed by atoms with Gasteiger partial charge in [0.2, 0.25) is 5.91 Å². The lowest BCUT2D eigenvalue weighted by Crippen LogP contribution is -2.40. The number of hydrogen-bond donors (Lipinski definition) is 3. The van der Waals surface area contributed by atoms with E-state index >= 15 is 0 Å². The minimum atomic E-state index is -0.549. The zero-order valence-electron chi connectivity index (χ0n) is 13.6. The van der Waals surface area contributed by atoms with Crippen molar-refractivity contribution in [2.45, 2.75) is 30.8 Å². The molecule has 7 nitrogen and oxygen atoms in total. The first-order valence-corrected chi connectivity index (χ1v) is 9.78. The van der Waals surface area contributed by atoms with Crippen molar-refractivity contribution in [3.63, 3.8) is 0 Å². The summed E-state index contributed by atoms with van der Waals surface area (Å²) in [5.74, 6) is 0.0905. The monoisotopic (exact) mass is 377 g/mol. The molecule has 25 heavy (non-hydrogen) atoms. The fraction of sp³-hybridized carbons (Fsp3) is 0.375. The van der Waals surface area contributed by atoms with Gasteiger partial charge in [0.15, 0.2) is 5.16 Å². The van der Waals surface area contributed by atoms with Crippen molar-refractivity contribution in [1.82, 2.24) is 20.6 Å². The van der Waals surface area contributed by atoms with Crippen LogP contribution < -0.4 is 16.4 Å². The fourth-order valence-electron chi connectivity index (χ4n) is 2.73. The van der Waals surface area contributed by atoms with Crippen LogP contribution in [0.15, 0.2) is 17.8 Å². The summed E-state index contributed by atoms with van der Waals surface area (Å²) in [6.07, 6.45) is 6.00. The fourth-order valence-corrected chi connectivity index (χ4v) is 4.71. The number of carbonyl (C=O) groups excluding carboxylic acids is 2. The number of thiophene rings is 1. The zero-order chi connectivity index (χ0) is 17.8. The Morgan fingerprint density at radius 1 is 1.32 bits per heavy atom. The number of nitrogen functional groups attached to an aromatic ring is 1. The third-order valence-electron chi connectivity index (χ3n) is 3.81. The zero-order valence-corrected chi connectivity index (χ0v) is 15.3. The van der Waals surface area contributed by atoms with Crippen LogP contribution in [-0.2, 0) is 17.6 Å². The molecule has 3 amide bonds. The smallest absolute Gasteiger partial charge is 0.321 e. The van der Waals surface area contributed by atoms with Crippen molar-refractivity contribution in [1.29, 1.82) is 0 Å². The Balaban J connectivity index is 1.67. The second-order valence-corrected chi connectivity index (χ2v) is 7.64. The number of nitrogens with zero attached hydrogens (tertiary/aromatic N) is 2. The van der Waals surface area contributed by atoms with Gasteiger partial charge in [-0.1, -0.05) is 17.8 Å². The highest BCUT2D eigenvalue weighted by molar-refractivity contribution is 7.99. The van der Waals surface area contributed by atoms with E-state index in [1.54, 1.807) is 11.3 Å². The molecule has 0 radical (unpaired) electrons. The Kier molecular flexibility index (Phi) is 5.54. The predicted molar refractivity (Wildman–Crippen MR) is 101 cm³/mol. The molecule has 0 saturated carbocycles. The van der Waals surface area contributed by atoms with Crippen LogP contribution in [0.1, 0.15) is 23.3 Å². The molecule has 9 heteroatoms. The predicted octanol–water partition coefficient (Wildman–Crippen LogP) is 2.26. The topological polar surface area (TPSA) is 110 Å². The number of aryl methyl sites for hydroxylation is 2. The van der Waals surface area contributed by atoms with Gasteiger partial charge in [-0.15, -0.1) is 17.9 Å². The summed E-state index contributed by atoms with van der Waals surface area (Å²) in [6.45, 7) is 3.78. The van der Waals surface area contributed by atoms with Crippen LogP contribution >= 0.6 is 23.1 Å². The first kappa shape index (κ1) is 17.7. The third kappa shape index (κ3) is 4.10. The summed E-state index contributed by atoms with van der Waals surface area (Å²) in [4.78, 5) is 34.3. The van der Waals surface area contributed by atoms with Gasteiger partial charge in [0.05, 0.1) is 11.1 Å². The minimum absolute atomic E-state index is 0.0392. The highest BCUT2D eigenvalue weighted by Crippen LogP contribution is 2.38. The van der Waals surface area contributed by atoms with Gasteiger partial charge in [-0.25, -0.2) is 14.8 Å². The molecule has 0 saturated heterocycles. The second-order valence-electron chi connectivity index (χ2n) is 5.62. The van der Waals surface area contributed by atoms with Crippen LogP contribution in [0, 0.1) is 0 Å². The van der Waals surface area contributed by atoms with Crippen molar-refractivity contribution in [2.75, 3.05) is 18.0 Å². The molecule has 0 atom stereocenters. The number of nitrogens with two attached hydrogens (primary N) is 1. The maximum atomic E-state index is 11.8. The molecule has 2 heterocycles. The molecule has 2 aromatic rings. The molecule has 3 rings (SSSR count). The first-order valence-electron chi connectivity index (χ1n) is 7.97. The molecule has 0 fully saturated rings. The molecule has 2 aromatic heterocycles. The highest BCUT2D eigenvalue weighted by Gasteiger charge is 2.20. The number of carbonyl (C=O) groups is 2. The van der Waals surface area contributed by atoms with E-state index in [1.807, 2.05) is 0 Å². The van der Waals surface area contributed by atoms with E-state index in [2.05, 4.69) is 27.2 Å². The Hall–Kier alpha value is -2.13. The largest absolute Gasteiger partial charge is 0.383 e. The minimum Gasteiger partial charge on any atom is -0.383 e. The molecule has 0 spiro atoms. The van der Waals surface area contributed by atoms with Gasteiger partial charge in [0.1, 0.15) is 10.6 Å². The van der Waals surface area contributed by atoms with Crippen molar-refractivity contribution in [3.8, 4) is 0 Å². The van der Waals surface area contributed by atoms with E-state index in [0.29, 0.717) is 17.5 Å². The van der Waals surface area contributed by atoms with Gasteiger partial charge in [-0.05, 0) is 31.2 Å². The molecule has 0 bridgehead atoms. The highest BCUT2D eigenvalue weighted by atomic mass is 32.2. The summed E-state index contributed by atoms with van der Waals surface area (Å²) >= 11 is 2.83. The lowest BCUT2D eigenvalue weighted by atomic mass is 9.97. The second kappa shape index (κ2) is 7.83. The molecule has 1 aliphatic rings. The summed E-state index contributed by atoms with van der Waals surface area (Å²) < 4.78 is 0. The van der Waals surface area contributed by atoms with Gasteiger partial charge in [0.25, 0.3) is 0 Å². The Morgan fingerprint density at radius 3 is 2.92 bits per heavy atom. The van der Waals surface area contributed by atoms with E-state index in [-0.39, 0.29) is 5.75 Å². The number of amides is 3. The normalized spacial score (nSPS) is 13.3. The molecule has 0 aromatic carbocycles. The summed E-state index contributed by atoms with van der Waals surface area (Å²) in [5.41, 5.74) is 7.42. The van der Waals surface area contributed by atoms with Gasteiger partial charge < -0.3 is 11.1 Å². The molecule has 132 valence electrons. The van der Waals surface area contributed by atoms with E-state index < -0.39 is 11.9 Å². The van der Waals surface area contributed by atoms with E-state index in [9.17, 15) is 9.59 Å². The average molecular weight is 377 g/mol. The van der Waals surface area contributed by atoms with Crippen LogP contribution in [-0.4, -0.2) is 34.2 Å². The van der Waals surface area contributed by atoms with Crippen LogP contribution in [0.2, 0.25) is 0 Å². The number of hydrogen-bond acceptors (Lipinski definition) is 7. The quantitative estimate of drug-likeness (QED) is 0.419. The lowest BCUT2D eigenvalue weighted by molar-refractivity contribution is -0.117. The summed E-state index contributed by atoms with van der Waals surface area (Å²) in [5, 5.41) is 6.13. The van der Waals surface area contributed by atoms with Crippen LogP contribution in [0.3, 0.4) is 0 Å². The molecular weight excluding hydrogens is 358 g/mol. The Labute approximate surface area is 153 Å². The number of nitrogens with one attached hydrogen (secondary N) is 2. The van der Waals surface area contributed by atoms with Crippen molar-refractivity contribution >= 4 is 51.1 Å². The van der Waals surface area contributed by atoms with Crippen molar-refractivity contribution < 1.29 is 9.59 Å². The number of aromatic nitrogens is 2. The number of rotatable bonds is 5. The van der Waals surface area contributed by atoms with E-state index in [4.69, 9.17) is 5.73 Å². The van der Waals surface area contributed by atoms with Gasteiger partial charge >= 0.3 is 6.03 Å². The molecule has 0 aliphatic heterocycles. The Morgan fingerprint density at radius 2 is 2.12 bits per heavy atom. The van der Waals surface area contributed by atoms with E-state index in [1.165, 1.54) is 29.4 Å². The lowest BCUT2D eigenvalue weighted by Gasteiger charge is -2.10. The van der Waals surface area contributed by atoms with Crippen molar-refractivity contribution in [3.05, 3.63) is 23.1 Å². The third-order valence-corrected chi connectivity index (χ3v) is 5.85. The first-order chi connectivity index (χ1) is 12.1. The maximum absolute atomic E-state index is 11.8. The van der Waals surface area contributed by atoms with Gasteiger partial charge in [-0.3, -0.25) is 10.1 Å².